The summed E-state index contributed by atoms with van der Waals surface area (Å²) >= 11 is 15.1. The number of carbonyl (C=O) groups is 1. The van der Waals surface area contributed by atoms with Crippen molar-refractivity contribution in [3.8, 4) is 11.5 Å². The van der Waals surface area contributed by atoms with E-state index in [1.807, 2.05) is 0 Å². The van der Waals surface area contributed by atoms with Gasteiger partial charge in [0.15, 0.2) is 0 Å². The van der Waals surface area contributed by atoms with Crippen molar-refractivity contribution < 1.29 is 14.6 Å². The molecule has 1 N–H and O–H groups in total. The Bertz CT molecular complexity index is 644. The summed E-state index contributed by atoms with van der Waals surface area (Å²) in [6, 6.07) is 9.52. The van der Waals surface area contributed by atoms with E-state index >= 15 is 0 Å². The van der Waals surface area contributed by atoms with Crippen LogP contribution in [0.4, 0.5) is 0 Å². The van der Waals surface area contributed by atoms with Gasteiger partial charge < -0.3 is 9.84 Å². The number of hydrogen-bond donors (Lipinski definition) is 1. The van der Waals surface area contributed by atoms with E-state index < -0.39 is 5.97 Å². The summed E-state index contributed by atoms with van der Waals surface area (Å²) in [6.07, 6.45) is 0. The van der Waals surface area contributed by atoms with Gasteiger partial charge in [-0.15, -0.1) is 0 Å². The molecule has 0 aromatic heterocycles. The van der Waals surface area contributed by atoms with Crippen LogP contribution in [0.5, 0.6) is 11.5 Å². The maximum atomic E-state index is 11.1. The van der Waals surface area contributed by atoms with Gasteiger partial charge in [0.05, 0.1) is 5.02 Å². The summed E-state index contributed by atoms with van der Waals surface area (Å²) in [5.41, 5.74) is 0.0410. The number of rotatable bonds is 3. The van der Waals surface area contributed by atoms with Gasteiger partial charge in [0.2, 0.25) is 0 Å². The van der Waals surface area contributed by atoms with Crippen LogP contribution in [-0.2, 0) is 0 Å². The normalized spacial score (nSPS) is 10.3. The highest BCUT2D eigenvalue weighted by atomic mass is 79.9. The molecular formula is C13H7BrCl2O3. The van der Waals surface area contributed by atoms with E-state index in [9.17, 15) is 4.79 Å². The van der Waals surface area contributed by atoms with Gasteiger partial charge in [-0.05, 0) is 30.3 Å². The number of aromatic carboxylic acids is 1. The first-order valence-corrected chi connectivity index (χ1v) is 6.68. The number of benzene rings is 2. The summed E-state index contributed by atoms with van der Waals surface area (Å²) in [4.78, 5) is 11.1. The molecule has 0 spiro atoms. The highest BCUT2D eigenvalue weighted by Crippen LogP contribution is 2.36. The first kappa shape index (κ1) is 14.2. The third kappa shape index (κ3) is 3.21. The lowest BCUT2D eigenvalue weighted by Gasteiger charge is -2.11. The third-order valence-corrected chi connectivity index (χ3v) is 3.60. The average molecular weight is 362 g/mol. The van der Waals surface area contributed by atoms with E-state index in [1.54, 1.807) is 30.3 Å². The van der Waals surface area contributed by atoms with Crippen molar-refractivity contribution in [1.82, 2.24) is 0 Å². The zero-order valence-corrected chi connectivity index (χ0v) is 12.5. The summed E-state index contributed by atoms with van der Waals surface area (Å²) in [6.45, 7) is 0. The number of carboxylic acid groups (broad SMARTS) is 1. The predicted molar refractivity (Wildman–Crippen MR) is 77.6 cm³/mol. The molecule has 0 aliphatic heterocycles. The Morgan fingerprint density at radius 2 is 1.89 bits per heavy atom. The summed E-state index contributed by atoms with van der Waals surface area (Å²) in [7, 11) is 0. The molecule has 0 heterocycles. The average Bonchev–Trinajstić information content (AvgIpc) is 2.35. The topological polar surface area (TPSA) is 46.5 Å². The van der Waals surface area contributed by atoms with Crippen LogP contribution < -0.4 is 4.74 Å². The van der Waals surface area contributed by atoms with E-state index in [-0.39, 0.29) is 16.3 Å². The minimum atomic E-state index is -1.08. The molecule has 0 atom stereocenters. The van der Waals surface area contributed by atoms with E-state index in [1.165, 1.54) is 6.07 Å². The monoisotopic (exact) mass is 360 g/mol. The van der Waals surface area contributed by atoms with Gasteiger partial charge in [-0.25, -0.2) is 4.79 Å². The number of ether oxygens (including phenoxy) is 1. The maximum absolute atomic E-state index is 11.1. The minimum Gasteiger partial charge on any atom is -0.478 e. The Labute approximate surface area is 127 Å². The first-order chi connectivity index (χ1) is 8.99. The second-order valence-corrected chi connectivity index (χ2v) is 5.30. The Morgan fingerprint density at radius 3 is 2.58 bits per heavy atom. The molecule has 2 aromatic rings. The fourth-order valence-electron chi connectivity index (χ4n) is 1.44. The van der Waals surface area contributed by atoms with E-state index in [2.05, 4.69) is 15.9 Å². The van der Waals surface area contributed by atoms with Gasteiger partial charge in [-0.1, -0.05) is 45.2 Å². The zero-order chi connectivity index (χ0) is 14.0. The maximum Gasteiger partial charge on any atom is 0.339 e. The van der Waals surface area contributed by atoms with Crippen molar-refractivity contribution in [2.45, 2.75) is 0 Å². The lowest BCUT2D eigenvalue weighted by molar-refractivity contribution is 0.0694. The van der Waals surface area contributed by atoms with Gasteiger partial charge in [0.1, 0.15) is 22.1 Å². The van der Waals surface area contributed by atoms with Crippen molar-refractivity contribution in [2.24, 2.45) is 0 Å². The SMILES string of the molecule is O=C(O)c1ccc(Br)cc1Oc1cccc(Cl)c1Cl. The van der Waals surface area contributed by atoms with Crippen LogP contribution >= 0.6 is 39.1 Å². The molecule has 6 heteroatoms. The standard InChI is InChI=1S/C13H7BrCl2O3/c14-7-4-5-8(13(17)18)11(6-7)19-10-3-1-2-9(15)12(10)16/h1-6H,(H,17,18). The summed E-state index contributed by atoms with van der Waals surface area (Å²) in [5.74, 6) is -0.596. The van der Waals surface area contributed by atoms with E-state index in [0.717, 1.165) is 0 Å². The van der Waals surface area contributed by atoms with Gasteiger partial charge in [-0.2, -0.15) is 0 Å². The van der Waals surface area contributed by atoms with Crippen LogP contribution in [0.25, 0.3) is 0 Å². The molecule has 0 bridgehead atoms. The van der Waals surface area contributed by atoms with Crippen LogP contribution in [-0.4, -0.2) is 11.1 Å². The molecule has 0 fully saturated rings. The van der Waals surface area contributed by atoms with Gasteiger partial charge >= 0.3 is 5.97 Å². The lowest BCUT2D eigenvalue weighted by Crippen LogP contribution is -2.00. The molecule has 19 heavy (non-hydrogen) atoms. The highest BCUT2D eigenvalue weighted by molar-refractivity contribution is 9.10. The van der Waals surface area contributed by atoms with Gasteiger partial charge in [0.25, 0.3) is 0 Å². The molecular weight excluding hydrogens is 355 g/mol. The van der Waals surface area contributed by atoms with Crippen LogP contribution in [0.2, 0.25) is 10.0 Å². The van der Waals surface area contributed by atoms with Gasteiger partial charge in [0, 0.05) is 4.47 Å². The van der Waals surface area contributed by atoms with E-state index in [0.29, 0.717) is 15.2 Å². The Morgan fingerprint density at radius 1 is 1.16 bits per heavy atom. The van der Waals surface area contributed by atoms with Crippen LogP contribution in [0, 0.1) is 0 Å². The Hall–Kier alpha value is -1.23. The molecule has 2 rings (SSSR count). The second kappa shape index (κ2) is 5.82. The zero-order valence-electron chi connectivity index (χ0n) is 9.36. The number of halogens is 3. The van der Waals surface area contributed by atoms with Crippen molar-refractivity contribution in [3.63, 3.8) is 0 Å². The van der Waals surface area contributed by atoms with Crippen molar-refractivity contribution in [1.29, 1.82) is 0 Å². The molecule has 2 aromatic carbocycles. The molecule has 0 amide bonds. The third-order valence-electron chi connectivity index (χ3n) is 2.31. The predicted octanol–water partition coefficient (Wildman–Crippen LogP) is 5.25. The number of carboxylic acids is 1. The second-order valence-electron chi connectivity index (χ2n) is 3.60. The Kier molecular flexibility index (Phi) is 4.34. The molecule has 98 valence electrons. The molecule has 0 radical (unpaired) electrons. The lowest BCUT2D eigenvalue weighted by atomic mass is 10.2. The Balaban J connectivity index is 2.45. The largest absolute Gasteiger partial charge is 0.478 e. The van der Waals surface area contributed by atoms with Gasteiger partial charge in [-0.3, -0.25) is 0 Å². The van der Waals surface area contributed by atoms with Crippen molar-refractivity contribution >= 4 is 45.1 Å². The fourth-order valence-corrected chi connectivity index (χ4v) is 2.11. The quantitative estimate of drug-likeness (QED) is 0.812. The van der Waals surface area contributed by atoms with Crippen molar-refractivity contribution in [3.05, 3.63) is 56.5 Å². The van der Waals surface area contributed by atoms with E-state index in [4.69, 9.17) is 33.0 Å². The summed E-state index contributed by atoms with van der Waals surface area (Å²) < 4.78 is 6.24. The van der Waals surface area contributed by atoms with Crippen LogP contribution in [0.15, 0.2) is 40.9 Å². The molecule has 0 saturated heterocycles. The summed E-state index contributed by atoms with van der Waals surface area (Å²) in [5, 5.41) is 9.68. The van der Waals surface area contributed by atoms with Crippen molar-refractivity contribution in [2.75, 3.05) is 0 Å². The molecule has 0 aliphatic rings. The molecule has 0 unspecified atom stereocenters. The molecule has 0 saturated carbocycles. The fraction of sp³-hybridized carbons (Fsp3) is 0. The van der Waals surface area contributed by atoms with Crippen LogP contribution in [0.1, 0.15) is 10.4 Å². The smallest absolute Gasteiger partial charge is 0.339 e. The van der Waals surface area contributed by atoms with Crippen LogP contribution in [0.3, 0.4) is 0 Å². The minimum absolute atomic E-state index is 0.0410. The molecule has 0 aliphatic carbocycles. The number of hydrogen-bond acceptors (Lipinski definition) is 2. The first-order valence-electron chi connectivity index (χ1n) is 5.13. The molecule has 3 nitrogen and oxygen atoms in total. The highest BCUT2D eigenvalue weighted by Gasteiger charge is 2.14.